The number of carbonyl (C=O) groups is 1. The molecule has 4 rings (SSSR count). The van der Waals surface area contributed by atoms with Crippen LogP contribution in [0.5, 0.6) is 0 Å². The van der Waals surface area contributed by atoms with E-state index in [0.29, 0.717) is 37.0 Å². The van der Waals surface area contributed by atoms with Crippen LogP contribution in [-0.4, -0.2) is 45.2 Å². The van der Waals surface area contributed by atoms with Crippen LogP contribution in [0.1, 0.15) is 85.0 Å². The number of cyclic esters (lactones) is 1. The molecule has 8 atom stereocenters. The molecule has 0 bridgehead atoms. The van der Waals surface area contributed by atoms with Gasteiger partial charge in [0, 0.05) is 12.8 Å². The van der Waals surface area contributed by atoms with Gasteiger partial charge in [-0.05, 0) is 92.6 Å². The molecule has 5 heteroatoms. The minimum Gasteiger partial charge on any atom is -0.460 e. The van der Waals surface area contributed by atoms with Gasteiger partial charge in [0.05, 0.1) is 12.2 Å². The standard InChI is InChI=1S/C28H42O5/c1-17(7-10-22-16-28(4,32)26(31)33-22)23-11-12-24-19(6-5-13-27(23,24)3)8-9-20-14-21(29)15-25(30)18(20)2/h8-9,17,21-25,29-30,32H,2,5-7,10-16H2,1,3-4H3/b19-8+,20-9-/t17-,21-,22-,23-,24?,25+,27-,28-/m1/s1. The SMILES string of the molecule is C=C1/C(=C\C=C2/CCC[C@@]3(C)C2CC[C@@H]3[C@H](C)CC[C@@H]2C[C@@](C)(O)C(=O)O2)C[C@@H](O)C[C@@H]1O. The number of ether oxygens (including phenoxy) is 1. The predicted octanol–water partition coefficient (Wildman–Crippen LogP) is 4.61. The number of hydrogen-bond acceptors (Lipinski definition) is 5. The van der Waals surface area contributed by atoms with Crippen molar-refractivity contribution in [3.8, 4) is 0 Å². The van der Waals surface area contributed by atoms with Crippen molar-refractivity contribution in [3.63, 3.8) is 0 Å². The smallest absolute Gasteiger partial charge is 0.338 e. The third-order valence-corrected chi connectivity index (χ3v) is 9.27. The van der Waals surface area contributed by atoms with E-state index in [1.807, 2.05) is 0 Å². The van der Waals surface area contributed by atoms with Crippen LogP contribution in [0.25, 0.3) is 0 Å². The van der Waals surface area contributed by atoms with E-state index < -0.39 is 23.8 Å². The van der Waals surface area contributed by atoms with Crippen LogP contribution in [0.2, 0.25) is 0 Å². The third-order valence-electron chi connectivity index (χ3n) is 9.27. The normalized spacial score (nSPS) is 44.8. The van der Waals surface area contributed by atoms with Gasteiger partial charge in [-0.2, -0.15) is 0 Å². The molecule has 1 heterocycles. The molecule has 0 aromatic carbocycles. The monoisotopic (exact) mass is 458 g/mol. The number of carbonyl (C=O) groups excluding carboxylic acids is 1. The van der Waals surface area contributed by atoms with E-state index in [-0.39, 0.29) is 11.5 Å². The van der Waals surface area contributed by atoms with Crippen molar-refractivity contribution >= 4 is 5.97 Å². The van der Waals surface area contributed by atoms with Crippen molar-refractivity contribution in [1.82, 2.24) is 0 Å². The van der Waals surface area contributed by atoms with Gasteiger partial charge in [-0.3, -0.25) is 0 Å². The van der Waals surface area contributed by atoms with Gasteiger partial charge in [0.1, 0.15) is 6.10 Å². The maximum absolute atomic E-state index is 11.8. The van der Waals surface area contributed by atoms with Crippen molar-refractivity contribution < 1.29 is 24.9 Å². The molecule has 4 fully saturated rings. The second-order valence-electron chi connectivity index (χ2n) is 11.7. The highest BCUT2D eigenvalue weighted by atomic mass is 16.6. The Morgan fingerprint density at radius 3 is 2.70 bits per heavy atom. The first-order valence-electron chi connectivity index (χ1n) is 12.9. The molecule has 33 heavy (non-hydrogen) atoms. The third kappa shape index (κ3) is 4.87. The van der Waals surface area contributed by atoms with E-state index in [1.54, 1.807) is 6.92 Å². The predicted molar refractivity (Wildman–Crippen MR) is 128 cm³/mol. The molecule has 0 amide bonds. The van der Waals surface area contributed by atoms with Gasteiger partial charge in [0.15, 0.2) is 5.60 Å². The first-order chi connectivity index (χ1) is 15.5. The highest BCUT2D eigenvalue weighted by Gasteiger charge is 2.51. The highest BCUT2D eigenvalue weighted by molar-refractivity contribution is 5.80. The summed E-state index contributed by atoms with van der Waals surface area (Å²) >= 11 is 0. The summed E-state index contributed by atoms with van der Waals surface area (Å²) in [7, 11) is 0. The lowest BCUT2D eigenvalue weighted by Crippen LogP contribution is -2.36. The fourth-order valence-corrected chi connectivity index (χ4v) is 7.34. The molecule has 1 saturated heterocycles. The van der Waals surface area contributed by atoms with E-state index in [2.05, 4.69) is 32.6 Å². The maximum Gasteiger partial charge on any atom is 0.338 e. The van der Waals surface area contributed by atoms with Gasteiger partial charge in [-0.25, -0.2) is 4.79 Å². The van der Waals surface area contributed by atoms with Crippen LogP contribution >= 0.6 is 0 Å². The van der Waals surface area contributed by atoms with E-state index in [9.17, 15) is 20.1 Å². The Kier molecular flexibility index (Phi) is 6.97. The fraction of sp³-hybridized carbons (Fsp3) is 0.750. The maximum atomic E-state index is 11.8. The Morgan fingerprint density at radius 1 is 1.24 bits per heavy atom. The van der Waals surface area contributed by atoms with Gasteiger partial charge in [0.2, 0.25) is 0 Å². The number of allylic oxidation sites excluding steroid dienone is 3. The van der Waals surface area contributed by atoms with Crippen LogP contribution in [0.15, 0.2) is 35.5 Å². The molecular weight excluding hydrogens is 416 g/mol. The Balaban J connectivity index is 1.42. The largest absolute Gasteiger partial charge is 0.460 e. The van der Waals surface area contributed by atoms with Crippen molar-refractivity contribution in [2.24, 2.45) is 23.2 Å². The summed E-state index contributed by atoms with van der Waals surface area (Å²) in [5.74, 6) is 1.28. The number of rotatable bonds is 5. The molecule has 0 radical (unpaired) electrons. The number of fused-ring (bicyclic) bond motifs is 1. The Morgan fingerprint density at radius 2 is 2.00 bits per heavy atom. The number of esters is 1. The molecule has 3 N–H and O–H groups in total. The number of hydrogen-bond donors (Lipinski definition) is 3. The van der Waals surface area contributed by atoms with Gasteiger partial charge in [-0.1, -0.05) is 38.2 Å². The average molecular weight is 459 g/mol. The summed E-state index contributed by atoms with van der Waals surface area (Å²) in [4.78, 5) is 11.8. The molecule has 0 aromatic rings. The molecule has 4 aliphatic rings. The summed E-state index contributed by atoms with van der Waals surface area (Å²) < 4.78 is 5.40. The number of aliphatic hydroxyl groups excluding tert-OH is 2. The van der Waals surface area contributed by atoms with E-state index >= 15 is 0 Å². The zero-order valence-corrected chi connectivity index (χ0v) is 20.6. The van der Waals surface area contributed by atoms with Crippen LogP contribution in [0, 0.1) is 23.2 Å². The summed E-state index contributed by atoms with van der Waals surface area (Å²) in [6, 6.07) is 0. The van der Waals surface area contributed by atoms with Gasteiger partial charge in [-0.15, -0.1) is 0 Å². The Labute approximate surface area is 198 Å². The molecule has 1 unspecified atom stereocenters. The molecule has 0 spiro atoms. The second-order valence-corrected chi connectivity index (χ2v) is 11.7. The summed E-state index contributed by atoms with van der Waals surface area (Å²) in [5, 5.41) is 30.3. The van der Waals surface area contributed by atoms with Crippen molar-refractivity contribution in [2.75, 3.05) is 0 Å². The van der Waals surface area contributed by atoms with E-state index in [1.165, 1.54) is 31.3 Å². The first-order valence-corrected chi connectivity index (χ1v) is 12.9. The summed E-state index contributed by atoms with van der Waals surface area (Å²) in [5.41, 5.74) is 2.19. The molecular formula is C28H42O5. The molecule has 5 nitrogen and oxygen atoms in total. The molecule has 1 aliphatic heterocycles. The number of aliphatic hydroxyl groups is 3. The van der Waals surface area contributed by atoms with Crippen molar-refractivity contribution in [2.45, 2.75) is 109 Å². The fourth-order valence-electron chi connectivity index (χ4n) is 7.34. The van der Waals surface area contributed by atoms with Crippen molar-refractivity contribution in [1.29, 1.82) is 0 Å². The quantitative estimate of drug-likeness (QED) is 0.524. The average Bonchev–Trinajstić information content (AvgIpc) is 3.23. The molecule has 3 saturated carbocycles. The lowest BCUT2D eigenvalue weighted by atomic mass is 9.60. The zero-order chi connectivity index (χ0) is 24.0. The Hall–Kier alpha value is -1.43. The first kappa shape index (κ1) is 24.7. The summed E-state index contributed by atoms with van der Waals surface area (Å²) in [6.07, 6.45) is 12.2. The zero-order valence-electron chi connectivity index (χ0n) is 20.6. The topological polar surface area (TPSA) is 87.0 Å². The van der Waals surface area contributed by atoms with Crippen LogP contribution < -0.4 is 0 Å². The van der Waals surface area contributed by atoms with E-state index in [0.717, 1.165) is 30.4 Å². The van der Waals surface area contributed by atoms with Crippen molar-refractivity contribution in [3.05, 3.63) is 35.5 Å². The molecule has 3 aliphatic carbocycles. The molecule has 0 aromatic heterocycles. The van der Waals surface area contributed by atoms with Crippen LogP contribution in [-0.2, 0) is 9.53 Å². The lowest BCUT2D eigenvalue weighted by Gasteiger charge is -2.44. The van der Waals surface area contributed by atoms with Crippen LogP contribution in [0.4, 0.5) is 0 Å². The van der Waals surface area contributed by atoms with Gasteiger partial charge >= 0.3 is 5.97 Å². The minimum atomic E-state index is -1.33. The van der Waals surface area contributed by atoms with Gasteiger partial charge in [0.25, 0.3) is 0 Å². The molecule has 184 valence electrons. The highest BCUT2D eigenvalue weighted by Crippen LogP contribution is 2.60. The minimum absolute atomic E-state index is 0.164. The summed E-state index contributed by atoms with van der Waals surface area (Å²) in [6.45, 7) is 10.4. The van der Waals surface area contributed by atoms with Gasteiger partial charge < -0.3 is 20.1 Å². The van der Waals surface area contributed by atoms with Crippen LogP contribution in [0.3, 0.4) is 0 Å². The lowest BCUT2D eigenvalue weighted by molar-refractivity contribution is -0.153. The second kappa shape index (κ2) is 9.31. The van der Waals surface area contributed by atoms with E-state index in [4.69, 9.17) is 4.74 Å². The Bertz CT molecular complexity index is 839.